The molecule has 11 atom stereocenters. The van der Waals surface area contributed by atoms with Crippen LogP contribution in [0.2, 0.25) is 0 Å². The van der Waals surface area contributed by atoms with Gasteiger partial charge in [0, 0.05) is 78.8 Å². The number of aromatic hydroxyl groups is 1. The van der Waals surface area contributed by atoms with Gasteiger partial charge in [0.2, 0.25) is 5.91 Å². The van der Waals surface area contributed by atoms with Crippen LogP contribution in [-0.2, 0) is 27.3 Å². The highest BCUT2D eigenvalue weighted by molar-refractivity contribution is 8.77. The fourth-order valence-electron chi connectivity index (χ4n) is 15.7. The normalized spacial score (nSPS) is 38.8. The number of amides is 1. The van der Waals surface area contributed by atoms with Gasteiger partial charge in [0.1, 0.15) is 16.6 Å². The molecule has 10 aliphatic rings. The molecule has 2 aromatic carbocycles. The van der Waals surface area contributed by atoms with Crippen LogP contribution in [0.3, 0.4) is 0 Å². The van der Waals surface area contributed by atoms with Crippen molar-refractivity contribution in [2.75, 3.05) is 18.8 Å². The van der Waals surface area contributed by atoms with Crippen molar-refractivity contribution in [3.05, 3.63) is 70.8 Å². The zero-order valence-electron chi connectivity index (χ0n) is 40.8. The molecule has 2 aromatic rings. The summed E-state index contributed by atoms with van der Waals surface area (Å²) in [4.78, 5) is 34.8. The summed E-state index contributed by atoms with van der Waals surface area (Å²) in [6, 6.07) is 12.9. The monoisotopic (exact) mass is 975 g/mol. The molecule has 0 aromatic heterocycles. The second-order valence-electron chi connectivity index (χ2n) is 23.0. The Kier molecular flexibility index (Phi) is 13.1. The zero-order chi connectivity index (χ0) is 47.4. The minimum absolute atomic E-state index is 0.0633. The molecule has 10 bridgehead atoms. The first-order chi connectivity index (χ1) is 33.4. The number of aliphatic hydroxyl groups excluding tert-OH is 1. The summed E-state index contributed by atoms with van der Waals surface area (Å²) in [7, 11) is 3.99. The van der Waals surface area contributed by atoms with Crippen molar-refractivity contribution in [3.8, 4) is 23.3 Å². The SMILES string of the molecule is CC(=O)O[C@@H]1CCc2cc(c(O)c3c2[C@H]2C=C[C@@]4(CCC[C@@H]4C2)O3)CN2C[C@@]3(CC2=O)[C@H](c2ccccc2)CC[C@]32C#CC[C@H]3CC[C@]4(CCC[C@]4(NC(N)=NC2)SSCCCCCC[C@H](O)C1)C3. The van der Waals surface area contributed by atoms with E-state index >= 15 is 4.79 Å². The van der Waals surface area contributed by atoms with E-state index in [1.807, 2.05) is 26.5 Å². The van der Waals surface area contributed by atoms with Crippen molar-refractivity contribution in [2.24, 2.45) is 38.8 Å². The summed E-state index contributed by atoms with van der Waals surface area (Å²) in [5.41, 5.74) is 9.65. The summed E-state index contributed by atoms with van der Waals surface area (Å²) < 4.78 is 13.1. The van der Waals surface area contributed by atoms with Gasteiger partial charge in [0.15, 0.2) is 17.5 Å². The summed E-state index contributed by atoms with van der Waals surface area (Å²) in [5, 5.41) is 27.9. The molecule has 10 nitrogen and oxygen atoms in total. The lowest BCUT2D eigenvalue weighted by Gasteiger charge is -2.45. The Bertz CT molecular complexity index is 2420. The summed E-state index contributed by atoms with van der Waals surface area (Å²) >= 11 is 0. The van der Waals surface area contributed by atoms with Gasteiger partial charge in [-0.15, -0.1) is 5.92 Å². The predicted octanol–water partition coefficient (Wildman–Crippen LogP) is 10.6. The fraction of sp³-hybridized carbons (Fsp3) is 0.667. The number of aliphatic hydroxyl groups is 1. The number of allylic oxidation sites excluding steroid dienone is 1. The third-order valence-electron chi connectivity index (χ3n) is 19.1. The summed E-state index contributed by atoms with van der Waals surface area (Å²) in [6.07, 6.45) is 23.7. The molecule has 69 heavy (non-hydrogen) atoms. The van der Waals surface area contributed by atoms with Gasteiger partial charge in [0.05, 0.1) is 18.1 Å². The van der Waals surface area contributed by atoms with E-state index in [9.17, 15) is 15.0 Å². The predicted molar refractivity (Wildman–Crippen MR) is 275 cm³/mol. The summed E-state index contributed by atoms with van der Waals surface area (Å²) in [5.74, 6) is 10.8. The van der Waals surface area contributed by atoms with Crippen LogP contribution in [0.4, 0.5) is 0 Å². The molecule has 5 N–H and O–H groups in total. The number of phenols is 1. The van der Waals surface area contributed by atoms with Crippen molar-refractivity contribution in [1.29, 1.82) is 0 Å². The van der Waals surface area contributed by atoms with Gasteiger partial charge in [0.25, 0.3) is 0 Å². The van der Waals surface area contributed by atoms with Crippen molar-refractivity contribution in [1.82, 2.24) is 10.2 Å². The lowest BCUT2D eigenvalue weighted by Crippen LogP contribution is -2.56. The number of aryl methyl sites for hydroxylation is 1. The van der Waals surface area contributed by atoms with Gasteiger partial charge in [-0.25, -0.2) is 0 Å². The van der Waals surface area contributed by atoms with Crippen molar-refractivity contribution in [3.63, 3.8) is 0 Å². The van der Waals surface area contributed by atoms with E-state index in [0.29, 0.717) is 74.3 Å². The van der Waals surface area contributed by atoms with Crippen LogP contribution < -0.4 is 15.8 Å². The number of aliphatic imine (C=N–C) groups is 1. The van der Waals surface area contributed by atoms with Crippen molar-refractivity contribution < 1.29 is 29.3 Å². The van der Waals surface area contributed by atoms with Crippen molar-refractivity contribution in [2.45, 2.75) is 189 Å². The molecule has 5 aliphatic carbocycles. The third-order valence-corrected chi connectivity index (χ3v) is 22.4. The molecule has 5 fully saturated rings. The third kappa shape index (κ3) is 8.58. The largest absolute Gasteiger partial charge is 0.504 e. The number of nitrogens with one attached hydrogen (secondary N) is 1. The molecule has 0 unspecified atom stereocenters. The van der Waals surface area contributed by atoms with Crippen LogP contribution >= 0.6 is 21.6 Å². The number of guanidine groups is 1. The number of hydrogen-bond acceptors (Lipinski definition) is 11. The van der Waals surface area contributed by atoms with Crippen molar-refractivity contribution >= 4 is 39.4 Å². The molecule has 5 heterocycles. The number of rotatable bonds is 2. The van der Waals surface area contributed by atoms with Crippen LogP contribution in [-0.4, -0.2) is 74.5 Å². The molecular formula is C57H74N4O6S2. The highest BCUT2D eigenvalue weighted by Crippen LogP contribution is 2.67. The fourth-order valence-corrected chi connectivity index (χ4v) is 19.2. The maximum atomic E-state index is 15.1. The molecule has 370 valence electrons. The van der Waals surface area contributed by atoms with Gasteiger partial charge in [-0.1, -0.05) is 83.2 Å². The lowest BCUT2D eigenvalue weighted by atomic mass is 9.60. The Morgan fingerprint density at radius 1 is 0.986 bits per heavy atom. The topological polar surface area (TPSA) is 147 Å². The number of nitrogens with zero attached hydrogens (tertiary/aromatic N) is 2. The van der Waals surface area contributed by atoms with Crippen LogP contribution in [0, 0.1) is 39.9 Å². The van der Waals surface area contributed by atoms with E-state index in [4.69, 9.17) is 20.2 Å². The Morgan fingerprint density at radius 2 is 1.86 bits per heavy atom. The Hall–Kier alpha value is -3.79. The summed E-state index contributed by atoms with van der Waals surface area (Å²) in [6.45, 7) is 2.59. The van der Waals surface area contributed by atoms with E-state index in [0.717, 1.165) is 100 Å². The van der Waals surface area contributed by atoms with Crippen LogP contribution in [0.1, 0.15) is 176 Å². The zero-order valence-corrected chi connectivity index (χ0v) is 42.4. The molecule has 1 amide bonds. The van der Waals surface area contributed by atoms with Gasteiger partial charge in [-0.2, -0.15) is 0 Å². The van der Waals surface area contributed by atoms with Crippen LogP contribution in [0.15, 0.2) is 53.5 Å². The van der Waals surface area contributed by atoms with Crippen LogP contribution in [0.25, 0.3) is 0 Å². The number of hydrogen-bond donors (Lipinski definition) is 4. The van der Waals surface area contributed by atoms with E-state index in [1.165, 1.54) is 38.2 Å². The van der Waals surface area contributed by atoms with Gasteiger partial charge in [-0.05, 0) is 138 Å². The van der Waals surface area contributed by atoms with Gasteiger partial charge >= 0.3 is 5.97 Å². The molecule has 5 aliphatic heterocycles. The second-order valence-corrected chi connectivity index (χ2v) is 25.7. The van der Waals surface area contributed by atoms with Crippen LogP contribution in [0.5, 0.6) is 11.5 Å². The number of esters is 1. The van der Waals surface area contributed by atoms with E-state index in [1.54, 1.807) is 0 Å². The average Bonchev–Trinajstić information content (AvgIpc) is 4.12. The number of carbonyl (C=O) groups is 2. The Balaban J connectivity index is 1.00. The Morgan fingerprint density at radius 3 is 2.72 bits per heavy atom. The first kappa shape index (κ1) is 47.5. The number of nitrogens with two attached hydrogens (primary N) is 1. The molecule has 12 rings (SSSR count). The minimum atomic E-state index is -0.600. The lowest BCUT2D eigenvalue weighted by molar-refractivity contribution is -0.148. The molecule has 12 heteroatoms. The number of phenolic OH excluding ortho intramolecular Hbond substituents is 1. The quantitative estimate of drug-likeness (QED) is 0.0993. The van der Waals surface area contributed by atoms with E-state index < -0.39 is 28.6 Å². The Labute approximate surface area is 417 Å². The highest BCUT2D eigenvalue weighted by Gasteiger charge is 2.65. The number of carbonyl (C=O) groups excluding carboxylic acids is 2. The van der Waals surface area contributed by atoms with Gasteiger partial charge < -0.3 is 35.6 Å². The average molecular weight is 975 g/mol. The number of benzene rings is 2. The number of fused-ring (bicyclic) bond motifs is 6. The van der Waals surface area contributed by atoms with Gasteiger partial charge in [-0.3, -0.25) is 14.6 Å². The first-order valence-electron chi connectivity index (χ1n) is 26.8. The molecule has 0 radical (unpaired) electrons. The molecular weight excluding hydrogens is 901 g/mol. The second kappa shape index (κ2) is 19.0. The maximum Gasteiger partial charge on any atom is 0.302 e. The highest BCUT2D eigenvalue weighted by atomic mass is 33.1. The van der Waals surface area contributed by atoms with E-state index in [-0.39, 0.29) is 46.3 Å². The number of ether oxygens (including phenoxy) is 2. The molecule has 1 saturated heterocycles. The maximum absolute atomic E-state index is 15.1. The molecule has 4 saturated carbocycles. The smallest absolute Gasteiger partial charge is 0.302 e. The minimum Gasteiger partial charge on any atom is -0.504 e. The standard InChI is InChI=1S/C57H74N4O6S2/c1-38(62)66-46-18-17-41-30-43(50(65)51-49(41)42-20-28-56(67-51)24-10-15-44(56)31-42)35-61-37-55(34-48(61)64)47(40-13-5-4-6-14-40)21-27-54(55)22-9-12-39-19-26-53(33-39)23-11-25-57(53,60-52(58)59-36-54)69-68-29-8-3-2-7-16-45(63)32-46/h4-6,13-14,20,28,30,39,42,44-47,63,65H,2-3,7-8,10-12,15-19,21,23-27,29,31-37H2,1H3,(H3,58,59,60)/t39-,42-,44+,45-,46+,47-,53+,54-,55-,56+,57-/m0/s1. The molecule has 5 spiro atoms. The first-order valence-corrected chi connectivity index (χ1v) is 29.1. The van der Waals surface area contributed by atoms with E-state index in [2.05, 4.69) is 65.7 Å².